The summed E-state index contributed by atoms with van der Waals surface area (Å²) in [7, 11) is 0. The number of benzene rings is 4. The predicted octanol–water partition coefficient (Wildman–Crippen LogP) is 6.22. The van der Waals surface area contributed by atoms with E-state index >= 15 is 0 Å². The number of rotatable bonds is 8. The molecule has 2 atom stereocenters. The molecule has 1 heterocycles. The summed E-state index contributed by atoms with van der Waals surface area (Å²) in [5, 5.41) is 0. The van der Waals surface area contributed by atoms with Gasteiger partial charge in [-0.25, -0.2) is 0 Å². The third-order valence-electron chi connectivity index (χ3n) is 10.5. The van der Waals surface area contributed by atoms with Gasteiger partial charge < -0.3 is 24.8 Å². The van der Waals surface area contributed by atoms with Gasteiger partial charge in [-0.15, -0.1) is 0 Å². The van der Waals surface area contributed by atoms with Gasteiger partial charge in [0.1, 0.15) is 0 Å². The minimum absolute atomic E-state index is 0. The van der Waals surface area contributed by atoms with Crippen LogP contribution in [0.1, 0.15) is 86.7 Å². The van der Waals surface area contributed by atoms with Crippen LogP contribution in [0, 0.1) is 13.8 Å². The first kappa shape index (κ1) is 33.2. The summed E-state index contributed by atoms with van der Waals surface area (Å²) in [6.45, 7) is 9.14. The Morgan fingerprint density at radius 3 is 1.32 bits per heavy atom. The van der Waals surface area contributed by atoms with E-state index in [4.69, 9.17) is 0 Å². The van der Waals surface area contributed by atoms with Gasteiger partial charge in [-0.05, 0) is 0 Å². The fourth-order valence-corrected chi connectivity index (χ4v) is 31.3. The molecule has 0 radical (unpaired) electrons. The predicted molar refractivity (Wildman–Crippen MR) is 179 cm³/mol. The molecule has 1 aliphatic heterocycles. The summed E-state index contributed by atoms with van der Waals surface area (Å²) >= 11 is -3.00. The molecule has 226 valence electrons. The molecule has 4 aromatic carbocycles. The van der Waals surface area contributed by atoms with Crippen molar-refractivity contribution in [3.63, 3.8) is 0 Å². The minimum Gasteiger partial charge on any atom is -1.00 e. The van der Waals surface area contributed by atoms with Gasteiger partial charge in [-0.3, -0.25) is 0 Å². The molecule has 4 aromatic rings. The number of allylic oxidation sites excluding steroid dienone is 2. The molecule has 7 rings (SSSR count). The van der Waals surface area contributed by atoms with E-state index in [1.807, 2.05) is 0 Å². The second kappa shape index (κ2) is 13.7. The summed E-state index contributed by atoms with van der Waals surface area (Å²) in [5.74, 6) is 0. The summed E-state index contributed by atoms with van der Waals surface area (Å²) in [6.07, 6.45) is 11.7. The van der Waals surface area contributed by atoms with Crippen molar-refractivity contribution in [2.45, 2.75) is 75.5 Å². The number of halogens is 2. The standard InChI is InChI=1S/2C19H19.C3H6.2ClH.Hf/c2*1-3-5-15-12-17-6-4-7-18(19(17)13-15)16-10-8-14(2)9-11-16;1-3-2;;;/h2*4,6-13H,3,5H2,1-2H3;1-3H2;2*1H;/q;;;;;+2/p-2. The number of aryl methyl sites for hydroxylation is 2. The zero-order valence-electron chi connectivity index (χ0n) is 26.6. The smallest absolute Gasteiger partial charge is 1.00 e. The van der Waals surface area contributed by atoms with E-state index in [1.165, 1.54) is 85.0 Å². The van der Waals surface area contributed by atoms with Gasteiger partial charge in [0.25, 0.3) is 0 Å². The van der Waals surface area contributed by atoms with Crippen LogP contribution in [-0.4, -0.2) is 0 Å². The Bertz CT molecular complexity index is 1570. The van der Waals surface area contributed by atoms with E-state index < -0.39 is 20.0 Å². The van der Waals surface area contributed by atoms with Gasteiger partial charge in [-0.1, -0.05) is 0 Å². The van der Waals surface area contributed by atoms with Crippen molar-refractivity contribution in [1.29, 1.82) is 0 Å². The van der Waals surface area contributed by atoms with Crippen molar-refractivity contribution in [3.8, 4) is 22.3 Å². The van der Waals surface area contributed by atoms with Gasteiger partial charge >= 0.3 is 259 Å². The Morgan fingerprint density at radius 1 is 0.568 bits per heavy atom. The van der Waals surface area contributed by atoms with Crippen LogP contribution in [0.5, 0.6) is 0 Å². The maximum atomic E-state index is 2.67. The summed E-state index contributed by atoms with van der Waals surface area (Å²) in [6, 6.07) is 32.9. The van der Waals surface area contributed by atoms with Crippen LogP contribution >= 0.6 is 0 Å². The molecule has 0 N–H and O–H groups in total. The largest absolute Gasteiger partial charge is 1.00 e. The minimum atomic E-state index is -3.00. The van der Waals surface area contributed by atoms with Gasteiger partial charge in [-0.2, -0.15) is 0 Å². The molecule has 1 saturated heterocycles. The third-order valence-corrected chi connectivity index (χ3v) is 32.9. The first-order valence-electron chi connectivity index (χ1n) is 16.3. The molecule has 3 heteroatoms. The van der Waals surface area contributed by atoms with Crippen LogP contribution in [0.25, 0.3) is 34.4 Å². The molecule has 0 amide bonds. The molecule has 44 heavy (non-hydrogen) atoms. The molecule has 0 bridgehead atoms. The number of hydrogen-bond donors (Lipinski definition) is 0. The van der Waals surface area contributed by atoms with Crippen LogP contribution in [0.3, 0.4) is 0 Å². The van der Waals surface area contributed by atoms with E-state index in [0.717, 1.165) is 0 Å². The van der Waals surface area contributed by atoms with E-state index in [2.05, 4.69) is 125 Å². The molecule has 1 fully saturated rings. The Labute approximate surface area is 282 Å². The van der Waals surface area contributed by atoms with Crippen molar-refractivity contribution in [1.82, 2.24) is 0 Å². The third kappa shape index (κ3) is 5.56. The second-order valence-corrected chi connectivity index (χ2v) is 29.8. The summed E-state index contributed by atoms with van der Waals surface area (Å²) in [4.78, 5) is 0. The van der Waals surface area contributed by atoms with Crippen molar-refractivity contribution in [2.75, 3.05) is 0 Å². The molecule has 2 aliphatic carbocycles. The maximum Gasteiger partial charge on any atom is -1.00 e. The zero-order chi connectivity index (χ0) is 28.8. The number of hydrogen-bond acceptors (Lipinski definition) is 0. The van der Waals surface area contributed by atoms with E-state index in [1.54, 1.807) is 22.3 Å². The average molecular weight is 786 g/mol. The molecule has 2 unspecified atom stereocenters. The van der Waals surface area contributed by atoms with Crippen LogP contribution in [0.4, 0.5) is 0 Å². The van der Waals surface area contributed by atoms with E-state index in [-0.39, 0.29) is 24.8 Å². The normalized spacial score (nSPS) is 18.4. The molecule has 0 spiro atoms. The van der Waals surface area contributed by atoms with Crippen molar-refractivity contribution in [3.05, 3.63) is 129 Å². The fourth-order valence-electron chi connectivity index (χ4n) is 8.60. The molecule has 0 aromatic heterocycles. The Balaban J connectivity index is 0.00000192. The van der Waals surface area contributed by atoms with Crippen molar-refractivity contribution >= 4 is 12.2 Å². The molecular formula is C41H44Cl2Hf. The van der Waals surface area contributed by atoms with Crippen LogP contribution < -0.4 is 24.8 Å². The van der Waals surface area contributed by atoms with Crippen molar-refractivity contribution < 1.29 is 44.8 Å². The maximum absolute atomic E-state index is 3.00. The average Bonchev–Trinajstić information content (AvgIpc) is 3.53. The molecule has 0 saturated carbocycles. The fraction of sp³-hybridized carbons (Fsp3) is 0.317. The van der Waals surface area contributed by atoms with Gasteiger partial charge in [0.15, 0.2) is 0 Å². The summed E-state index contributed by atoms with van der Waals surface area (Å²) < 4.78 is 4.50. The van der Waals surface area contributed by atoms with Crippen LogP contribution in [0.15, 0.2) is 96.1 Å². The SMILES string of the molecule is CCCC1=Cc2c(-c3ccc(C)cc3)cccc2[CH]1[Hf+2]1([CH]2C(CCC)=Cc3c(-c4ccc(C)cc4)cccc32)[CH2]C[CH2]1.[Cl-].[Cl-]. The zero-order valence-corrected chi connectivity index (χ0v) is 31.7. The van der Waals surface area contributed by atoms with Gasteiger partial charge in [0.2, 0.25) is 0 Å². The first-order valence-corrected chi connectivity index (χ1v) is 25.6. The summed E-state index contributed by atoms with van der Waals surface area (Å²) in [5.41, 5.74) is 18.2. The molecule has 3 aliphatic rings. The van der Waals surface area contributed by atoms with Gasteiger partial charge in [0.05, 0.1) is 0 Å². The molecule has 0 nitrogen and oxygen atoms in total. The molecular weight excluding hydrogens is 742 g/mol. The second-order valence-electron chi connectivity index (χ2n) is 13.2. The van der Waals surface area contributed by atoms with Crippen molar-refractivity contribution in [2.24, 2.45) is 0 Å². The monoisotopic (exact) mass is 786 g/mol. The van der Waals surface area contributed by atoms with E-state index in [0.29, 0.717) is 7.35 Å². The Morgan fingerprint density at radius 2 is 0.977 bits per heavy atom. The first-order chi connectivity index (χ1) is 20.5. The van der Waals surface area contributed by atoms with E-state index in [9.17, 15) is 0 Å². The van der Waals surface area contributed by atoms with Crippen LogP contribution in [-0.2, 0) is 20.0 Å². The number of fused-ring (bicyclic) bond motifs is 2. The quantitative estimate of drug-likeness (QED) is 0.187. The Kier molecular flexibility index (Phi) is 10.3. The Hall–Kier alpha value is -2.19. The topological polar surface area (TPSA) is 0 Å². The van der Waals surface area contributed by atoms with Gasteiger partial charge in [0, 0.05) is 0 Å². The van der Waals surface area contributed by atoms with Crippen LogP contribution in [0.2, 0.25) is 8.35 Å².